The molecule has 0 N–H and O–H groups in total. The van der Waals surface area contributed by atoms with E-state index in [2.05, 4.69) is 66.5 Å². The van der Waals surface area contributed by atoms with Gasteiger partial charge in [0.2, 0.25) is 0 Å². The molecular formula is C27H44N2O5Si. The number of ether oxygens (including phenoxy) is 1. The highest BCUT2D eigenvalue weighted by atomic mass is 28.4. The number of nitrogens with zero attached hydrogens (tertiary/aromatic N) is 2. The number of carbonyl (C=O) groups is 3. The van der Waals surface area contributed by atoms with Crippen LogP contribution in [0.4, 0.5) is 0 Å². The normalized spacial score (nSPS) is 16.5. The molecule has 1 heterocycles. The van der Waals surface area contributed by atoms with Crippen molar-refractivity contribution < 1.29 is 23.5 Å². The van der Waals surface area contributed by atoms with Crippen molar-refractivity contribution in [2.45, 2.75) is 85.7 Å². The third-order valence-corrected chi connectivity index (χ3v) is 11.9. The number of imide groups is 1. The zero-order valence-corrected chi connectivity index (χ0v) is 24.2. The lowest BCUT2D eigenvalue weighted by atomic mass is 9.86. The summed E-state index contributed by atoms with van der Waals surface area (Å²) in [7, 11) is -2.26. The summed E-state index contributed by atoms with van der Waals surface area (Å²) in [4.78, 5) is 42.1. The highest BCUT2D eigenvalue weighted by Crippen LogP contribution is 2.38. The topological polar surface area (TPSA) is 76.2 Å². The maximum atomic E-state index is 13.1. The highest BCUT2D eigenvalue weighted by molar-refractivity contribution is 6.74. The minimum absolute atomic E-state index is 0.0274. The fourth-order valence-electron chi connectivity index (χ4n) is 3.88. The fraction of sp³-hybridized carbons (Fsp3) is 0.667. The van der Waals surface area contributed by atoms with Crippen LogP contribution in [-0.4, -0.2) is 74.3 Å². The van der Waals surface area contributed by atoms with Crippen LogP contribution in [0.15, 0.2) is 24.3 Å². The summed E-state index contributed by atoms with van der Waals surface area (Å²) >= 11 is 0. The van der Waals surface area contributed by atoms with Gasteiger partial charge in [0, 0.05) is 12.6 Å². The molecule has 0 spiro atoms. The predicted octanol–water partition coefficient (Wildman–Crippen LogP) is 4.97. The molecule has 2 atom stereocenters. The largest absolute Gasteiger partial charge is 0.465 e. The Morgan fingerprint density at radius 2 is 1.54 bits per heavy atom. The fourth-order valence-corrected chi connectivity index (χ4v) is 5.21. The Kier molecular flexibility index (Phi) is 9.12. The monoisotopic (exact) mass is 504 g/mol. The van der Waals surface area contributed by atoms with Gasteiger partial charge in [0.05, 0.1) is 36.9 Å². The first-order valence-corrected chi connectivity index (χ1v) is 15.4. The molecule has 0 fully saturated rings. The third kappa shape index (κ3) is 7.02. The lowest BCUT2D eigenvalue weighted by Gasteiger charge is -2.43. The first kappa shape index (κ1) is 29.2. The van der Waals surface area contributed by atoms with Gasteiger partial charge in [-0.05, 0) is 49.5 Å². The SMILES string of the molecule is CCOC(=O)CN(C[C@H](CN1C(=O)c2ccccc2C1=O)O[Si](C)(C)C(C)(C)C)C(C)C(C)(C)C. The number of amides is 2. The van der Waals surface area contributed by atoms with E-state index in [1.54, 1.807) is 31.2 Å². The van der Waals surface area contributed by atoms with E-state index in [4.69, 9.17) is 9.16 Å². The second kappa shape index (κ2) is 10.9. The molecule has 0 bridgehead atoms. The lowest BCUT2D eigenvalue weighted by Crippen LogP contribution is -2.54. The van der Waals surface area contributed by atoms with Gasteiger partial charge in [0.25, 0.3) is 11.8 Å². The van der Waals surface area contributed by atoms with Crippen molar-refractivity contribution in [2.75, 3.05) is 26.2 Å². The van der Waals surface area contributed by atoms with Crippen molar-refractivity contribution in [2.24, 2.45) is 5.41 Å². The van der Waals surface area contributed by atoms with Crippen LogP contribution in [0.5, 0.6) is 0 Å². The smallest absolute Gasteiger partial charge is 0.320 e. The number of benzene rings is 1. The third-order valence-electron chi connectivity index (χ3n) is 7.41. The first-order chi connectivity index (χ1) is 16.0. The Hall–Kier alpha value is -2.03. The molecule has 1 aliphatic heterocycles. The summed E-state index contributed by atoms with van der Waals surface area (Å²) in [6, 6.07) is 6.94. The van der Waals surface area contributed by atoms with Crippen LogP contribution in [0.3, 0.4) is 0 Å². The average molecular weight is 505 g/mol. The molecule has 35 heavy (non-hydrogen) atoms. The summed E-state index contributed by atoms with van der Waals surface area (Å²) in [5.41, 5.74) is 0.744. The highest BCUT2D eigenvalue weighted by Gasteiger charge is 2.43. The zero-order chi connectivity index (χ0) is 26.8. The summed E-state index contributed by atoms with van der Waals surface area (Å²) in [6.45, 7) is 22.0. The molecule has 0 aliphatic carbocycles. The second-order valence-electron chi connectivity index (χ2n) is 12.0. The van der Waals surface area contributed by atoms with Crippen LogP contribution in [0.1, 0.15) is 76.1 Å². The molecule has 0 radical (unpaired) electrons. The number of rotatable bonds is 10. The molecule has 8 heteroatoms. The van der Waals surface area contributed by atoms with Crippen molar-refractivity contribution in [1.29, 1.82) is 0 Å². The molecule has 1 aromatic carbocycles. The number of esters is 1. The van der Waals surface area contributed by atoms with Crippen LogP contribution in [0.25, 0.3) is 0 Å². The lowest BCUT2D eigenvalue weighted by molar-refractivity contribution is -0.146. The van der Waals surface area contributed by atoms with Crippen molar-refractivity contribution >= 4 is 26.1 Å². The number of hydrogen-bond donors (Lipinski definition) is 0. The maximum absolute atomic E-state index is 13.1. The van der Waals surface area contributed by atoms with Gasteiger partial charge < -0.3 is 9.16 Å². The maximum Gasteiger partial charge on any atom is 0.320 e. The van der Waals surface area contributed by atoms with Crippen LogP contribution in [0.2, 0.25) is 18.1 Å². The standard InChI is InChI=1S/C27H44N2O5Si/c1-11-33-23(30)18-28(19(2)26(3,4)5)16-20(34-35(9,10)27(6,7)8)17-29-24(31)21-14-12-13-15-22(21)25(29)32/h12-15,19-20H,11,16-18H2,1-10H3/t19?,20-/m1/s1. The van der Waals surface area contributed by atoms with Crippen molar-refractivity contribution in [3.05, 3.63) is 35.4 Å². The summed E-state index contributed by atoms with van der Waals surface area (Å²) in [5, 5.41) is -0.0607. The minimum Gasteiger partial charge on any atom is -0.465 e. The van der Waals surface area contributed by atoms with E-state index in [-0.39, 0.29) is 47.4 Å². The van der Waals surface area contributed by atoms with Crippen LogP contribution in [0, 0.1) is 5.41 Å². The van der Waals surface area contributed by atoms with Gasteiger partial charge in [0.1, 0.15) is 0 Å². The number of fused-ring (bicyclic) bond motifs is 1. The summed E-state index contributed by atoms with van der Waals surface area (Å²) in [6.07, 6.45) is -0.447. The van der Waals surface area contributed by atoms with E-state index in [1.165, 1.54) is 4.90 Å². The van der Waals surface area contributed by atoms with E-state index >= 15 is 0 Å². The van der Waals surface area contributed by atoms with Gasteiger partial charge in [-0.2, -0.15) is 0 Å². The van der Waals surface area contributed by atoms with E-state index in [1.807, 2.05) is 0 Å². The first-order valence-electron chi connectivity index (χ1n) is 12.5. The van der Waals surface area contributed by atoms with Crippen molar-refractivity contribution in [3.8, 4) is 0 Å². The molecule has 0 saturated carbocycles. The Bertz CT molecular complexity index is 897. The molecule has 2 rings (SSSR count). The van der Waals surface area contributed by atoms with E-state index in [0.717, 1.165) is 0 Å². The van der Waals surface area contributed by atoms with Gasteiger partial charge in [-0.25, -0.2) is 0 Å². The number of hydrogen-bond acceptors (Lipinski definition) is 6. The van der Waals surface area contributed by atoms with E-state index < -0.39 is 14.4 Å². The molecule has 0 aromatic heterocycles. The van der Waals surface area contributed by atoms with Gasteiger partial charge in [-0.15, -0.1) is 0 Å². The van der Waals surface area contributed by atoms with Crippen molar-refractivity contribution in [1.82, 2.24) is 9.80 Å². The number of carbonyl (C=O) groups excluding carboxylic acids is 3. The molecule has 1 aliphatic rings. The van der Waals surface area contributed by atoms with Gasteiger partial charge in [-0.1, -0.05) is 53.7 Å². The Labute approximate surface area is 212 Å². The van der Waals surface area contributed by atoms with Gasteiger partial charge in [0.15, 0.2) is 8.32 Å². The second-order valence-corrected chi connectivity index (χ2v) is 16.8. The summed E-state index contributed by atoms with van der Waals surface area (Å²) < 4.78 is 12.0. The quantitative estimate of drug-likeness (QED) is 0.254. The molecule has 2 amide bonds. The average Bonchev–Trinajstić information content (AvgIpc) is 2.96. The Morgan fingerprint density at radius 1 is 1.03 bits per heavy atom. The van der Waals surface area contributed by atoms with E-state index in [9.17, 15) is 14.4 Å². The minimum atomic E-state index is -2.26. The van der Waals surface area contributed by atoms with Crippen LogP contribution < -0.4 is 0 Å². The molecule has 1 aromatic rings. The molecular weight excluding hydrogens is 460 g/mol. The van der Waals surface area contributed by atoms with E-state index in [0.29, 0.717) is 24.3 Å². The Morgan fingerprint density at radius 3 is 1.97 bits per heavy atom. The predicted molar refractivity (Wildman–Crippen MR) is 141 cm³/mol. The molecule has 196 valence electrons. The molecule has 0 saturated heterocycles. The van der Waals surface area contributed by atoms with Crippen LogP contribution in [-0.2, 0) is 14.0 Å². The van der Waals surface area contributed by atoms with Crippen LogP contribution >= 0.6 is 0 Å². The van der Waals surface area contributed by atoms with Gasteiger partial charge >= 0.3 is 5.97 Å². The zero-order valence-electron chi connectivity index (χ0n) is 23.2. The molecule has 1 unspecified atom stereocenters. The van der Waals surface area contributed by atoms with Crippen molar-refractivity contribution in [3.63, 3.8) is 0 Å². The Balaban J connectivity index is 2.39. The molecule has 7 nitrogen and oxygen atoms in total. The van der Waals surface area contributed by atoms with Gasteiger partial charge in [-0.3, -0.25) is 24.2 Å². The summed E-state index contributed by atoms with van der Waals surface area (Å²) in [5.74, 6) is -0.888.